The first kappa shape index (κ1) is 16.7. The number of nitrogens with one attached hydrogen (secondary N) is 1. The summed E-state index contributed by atoms with van der Waals surface area (Å²) in [5.74, 6) is -0.987. The van der Waals surface area contributed by atoms with Crippen molar-refractivity contribution < 1.29 is 14.3 Å². The van der Waals surface area contributed by atoms with Crippen molar-refractivity contribution in [2.75, 3.05) is 5.32 Å². The molecule has 25 heavy (non-hydrogen) atoms. The average Bonchev–Trinajstić information content (AvgIpc) is 3.06. The Bertz CT molecular complexity index is 954. The number of thiophene rings is 1. The van der Waals surface area contributed by atoms with Crippen molar-refractivity contribution in [2.24, 2.45) is 0 Å². The number of nitriles is 1. The van der Waals surface area contributed by atoms with Gasteiger partial charge in [0.25, 0.3) is 5.91 Å². The van der Waals surface area contributed by atoms with Crippen molar-refractivity contribution in [1.82, 2.24) is 0 Å². The second kappa shape index (κ2) is 7.16. The van der Waals surface area contributed by atoms with Gasteiger partial charge >= 0.3 is 5.97 Å². The number of nitrogens with zero attached hydrogens (tertiary/aromatic N) is 1. The Kier molecular flexibility index (Phi) is 4.78. The number of rotatable bonds is 4. The van der Waals surface area contributed by atoms with Crippen LogP contribution in [0.3, 0.4) is 0 Å². The molecule has 0 saturated heterocycles. The molecule has 0 saturated carbocycles. The molecule has 1 heterocycles. The van der Waals surface area contributed by atoms with Gasteiger partial charge in [0.2, 0.25) is 0 Å². The van der Waals surface area contributed by atoms with Crippen LogP contribution in [0.1, 0.15) is 22.2 Å². The maximum Gasteiger partial charge on any atom is 0.349 e. The largest absolute Gasteiger partial charge is 0.448 e. The van der Waals surface area contributed by atoms with Crippen LogP contribution in [0, 0.1) is 11.3 Å². The van der Waals surface area contributed by atoms with E-state index in [2.05, 4.69) is 5.32 Å². The monoisotopic (exact) mass is 350 g/mol. The van der Waals surface area contributed by atoms with Crippen LogP contribution in [0.15, 0.2) is 54.6 Å². The summed E-state index contributed by atoms with van der Waals surface area (Å²) in [7, 11) is 0. The quantitative estimate of drug-likeness (QED) is 0.723. The zero-order valence-electron chi connectivity index (χ0n) is 13.4. The molecule has 0 aliphatic rings. The Balaban J connectivity index is 1.66. The summed E-state index contributed by atoms with van der Waals surface area (Å²) in [6, 6.07) is 17.9. The van der Waals surface area contributed by atoms with E-state index in [0.717, 1.165) is 10.1 Å². The van der Waals surface area contributed by atoms with Gasteiger partial charge in [-0.25, -0.2) is 4.79 Å². The first-order valence-corrected chi connectivity index (χ1v) is 8.39. The molecular weight excluding hydrogens is 336 g/mol. The number of hydrogen-bond donors (Lipinski definition) is 1. The lowest BCUT2D eigenvalue weighted by Crippen LogP contribution is -2.29. The summed E-state index contributed by atoms with van der Waals surface area (Å²) in [5.41, 5.74) is 0.918. The zero-order chi connectivity index (χ0) is 17.8. The lowest BCUT2D eigenvalue weighted by atomic mass is 10.2. The van der Waals surface area contributed by atoms with Crippen LogP contribution in [0.5, 0.6) is 0 Å². The van der Waals surface area contributed by atoms with E-state index in [1.807, 2.05) is 30.3 Å². The predicted molar refractivity (Wildman–Crippen MR) is 96.5 cm³/mol. The minimum atomic E-state index is -0.955. The standard InChI is InChI=1S/C19H14N2O3S/c1-12(18(22)21-15-7-4-5-13(9-15)11-20)24-19(23)17-10-14-6-2-3-8-16(14)25-17/h2-10,12H,1H3,(H,21,22)/t12-/m0/s1. The minimum Gasteiger partial charge on any atom is -0.448 e. The maximum atomic E-state index is 12.2. The molecule has 0 aliphatic carbocycles. The molecule has 1 atom stereocenters. The van der Waals surface area contributed by atoms with E-state index in [1.165, 1.54) is 18.3 Å². The van der Waals surface area contributed by atoms with Crippen LogP contribution >= 0.6 is 11.3 Å². The molecule has 3 aromatic rings. The van der Waals surface area contributed by atoms with Gasteiger partial charge in [-0.1, -0.05) is 24.3 Å². The van der Waals surface area contributed by atoms with Gasteiger partial charge in [0, 0.05) is 10.4 Å². The summed E-state index contributed by atoms with van der Waals surface area (Å²) in [6.07, 6.45) is -0.955. The molecule has 0 unspecified atom stereocenters. The smallest absolute Gasteiger partial charge is 0.349 e. The van der Waals surface area contributed by atoms with E-state index in [4.69, 9.17) is 10.00 Å². The fourth-order valence-corrected chi connectivity index (χ4v) is 3.21. The van der Waals surface area contributed by atoms with Crippen molar-refractivity contribution in [2.45, 2.75) is 13.0 Å². The summed E-state index contributed by atoms with van der Waals surface area (Å²) >= 11 is 1.33. The number of ether oxygens (including phenoxy) is 1. The summed E-state index contributed by atoms with van der Waals surface area (Å²) in [6.45, 7) is 1.51. The Morgan fingerprint density at radius 2 is 1.96 bits per heavy atom. The molecule has 0 fully saturated rings. The molecule has 0 spiro atoms. The summed E-state index contributed by atoms with van der Waals surface area (Å²) in [5, 5.41) is 12.5. The van der Waals surface area contributed by atoms with E-state index in [0.29, 0.717) is 16.1 Å². The number of fused-ring (bicyclic) bond motifs is 1. The van der Waals surface area contributed by atoms with Gasteiger partial charge in [0.05, 0.1) is 11.6 Å². The summed E-state index contributed by atoms with van der Waals surface area (Å²) < 4.78 is 6.24. The number of esters is 1. The Labute approximate surface area is 148 Å². The molecule has 2 aromatic carbocycles. The highest BCUT2D eigenvalue weighted by Crippen LogP contribution is 2.26. The van der Waals surface area contributed by atoms with E-state index >= 15 is 0 Å². The van der Waals surface area contributed by atoms with Crippen molar-refractivity contribution in [3.8, 4) is 6.07 Å². The molecule has 1 amide bonds. The number of amides is 1. The van der Waals surface area contributed by atoms with E-state index in [-0.39, 0.29) is 0 Å². The molecule has 3 rings (SSSR count). The van der Waals surface area contributed by atoms with Gasteiger partial charge in [-0.2, -0.15) is 5.26 Å². The van der Waals surface area contributed by atoms with Crippen molar-refractivity contribution >= 4 is 39.0 Å². The number of carbonyl (C=O) groups excluding carboxylic acids is 2. The van der Waals surface area contributed by atoms with Crippen LogP contribution in [-0.4, -0.2) is 18.0 Å². The first-order chi connectivity index (χ1) is 12.1. The van der Waals surface area contributed by atoms with Crippen LogP contribution in [-0.2, 0) is 9.53 Å². The molecule has 6 heteroatoms. The van der Waals surface area contributed by atoms with Gasteiger partial charge in [-0.15, -0.1) is 11.3 Å². The average molecular weight is 350 g/mol. The molecule has 0 radical (unpaired) electrons. The summed E-state index contributed by atoms with van der Waals surface area (Å²) in [4.78, 5) is 24.9. The van der Waals surface area contributed by atoms with Crippen LogP contribution in [0.2, 0.25) is 0 Å². The van der Waals surface area contributed by atoms with E-state index < -0.39 is 18.0 Å². The van der Waals surface area contributed by atoms with Crippen molar-refractivity contribution in [3.63, 3.8) is 0 Å². The fourth-order valence-electron chi connectivity index (χ4n) is 2.27. The Hall–Kier alpha value is -3.17. The van der Waals surface area contributed by atoms with Crippen molar-refractivity contribution in [3.05, 3.63) is 65.0 Å². The van der Waals surface area contributed by atoms with Gasteiger partial charge in [0.15, 0.2) is 6.10 Å². The second-order valence-electron chi connectivity index (χ2n) is 5.38. The number of carbonyl (C=O) groups is 2. The molecule has 0 bridgehead atoms. The Morgan fingerprint density at radius 1 is 1.16 bits per heavy atom. The van der Waals surface area contributed by atoms with Crippen LogP contribution in [0.25, 0.3) is 10.1 Å². The van der Waals surface area contributed by atoms with Crippen LogP contribution in [0.4, 0.5) is 5.69 Å². The SMILES string of the molecule is C[C@H](OC(=O)c1cc2ccccc2s1)C(=O)Nc1cccc(C#N)c1. The highest BCUT2D eigenvalue weighted by molar-refractivity contribution is 7.20. The molecule has 0 aliphatic heterocycles. The third kappa shape index (κ3) is 3.84. The van der Waals surface area contributed by atoms with Gasteiger partial charge in [-0.05, 0) is 42.6 Å². The second-order valence-corrected chi connectivity index (χ2v) is 6.46. The van der Waals surface area contributed by atoms with E-state index in [9.17, 15) is 9.59 Å². The number of benzene rings is 2. The molecule has 124 valence electrons. The minimum absolute atomic E-state index is 0.438. The Morgan fingerprint density at radius 3 is 2.72 bits per heavy atom. The normalized spacial score (nSPS) is 11.5. The molecule has 1 N–H and O–H groups in total. The molecule has 5 nitrogen and oxygen atoms in total. The highest BCUT2D eigenvalue weighted by atomic mass is 32.1. The van der Waals surface area contributed by atoms with E-state index in [1.54, 1.807) is 30.3 Å². The zero-order valence-corrected chi connectivity index (χ0v) is 14.2. The fraction of sp³-hybridized carbons (Fsp3) is 0.105. The highest BCUT2D eigenvalue weighted by Gasteiger charge is 2.20. The topological polar surface area (TPSA) is 79.2 Å². The number of anilines is 1. The molecular formula is C19H14N2O3S. The predicted octanol–water partition coefficient (Wildman–Crippen LogP) is 3.96. The third-order valence-corrected chi connectivity index (χ3v) is 4.64. The maximum absolute atomic E-state index is 12.2. The van der Waals surface area contributed by atoms with Gasteiger partial charge < -0.3 is 10.1 Å². The number of hydrogen-bond acceptors (Lipinski definition) is 5. The first-order valence-electron chi connectivity index (χ1n) is 7.57. The third-order valence-electron chi connectivity index (χ3n) is 3.54. The lowest BCUT2D eigenvalue weighted by Gasteiger charge is -2.13. The molecule has 1 aromatic heterocycles. The van der Waals surface area contributed by atoms with Gasteiger partial charge in [0.1, 0.15) is 4.88 Å². The van der Waals surface area contributed by atoms with Gasteiger partial charge in [-0.3, -0.25) is 4.79 Å². The van der Waals surface area contributed by atoms with Crippen LogP contribution < -0.4 is 5.32 Å². The van der Waals surface area contributed by atoms with Crippen molar-refractivity contribution in [1.29, 1.82) is 5.26 Å². The lowest BCUT2D eigenvalue weighted by molar-refractivity contribution is -0.123.